The van der Waals surface area contributed by atoms with Gasteiger partial charge in [-0.1, -0.05) is 19.9 Å². The SMILES string of the molecule is CC.Cc1cc2c(cc1-c1ccc(NC(=O)c3c(F)cccc3F)nc1)OC(F)(F)O2. The summed E-state index contributed by atoms with van der Waals surface area (Å²) in [7, 11) is 0. The monoisotopic (exact) mass is 434 g/mol. The standard InChI is InChI=1S/C20H12F4N2O3.C2H6/c1-10-7-15-16(29-20(23,24)28-15)8-12(10)11-5-6-17(25-9-11)26-19(27)18-13(21)3-2-4-14(18)22;1-2/h2-9H,1H3,(H,25,26,27);1-2H3. The molecule has 0 bridgehead atoms. The number of aryl methyl sites for hydroxylation is 1. The van der Waals surface area contributed by atoms with Crippen LogP contribution in [0.4, 0.5) is 23.4 Å². The Bertz CT molecular complexity index is 1100. The maximum absolute atomic E-state index is 13.7. The number of nitrogens with one attached hydrogen (secondary N) is 1. The minimum atomic E-state index is -3.72. The fourth-order valence-corrected chi connectivity index (χ4v) is 2.93. The first-order valence-corrected chi connectivity index (χ1v) is 9.36. The fourth-order valence-electron chi connectivity index (χ4n) is 2.93. The van der Waals surface area contributed by atoms with Crippen LogP contribution in [0.5, 0.6) is 11.5 Å². The number of aromatic nitrogens is 1. The van der Waals surface area contributed by atoms with Crippen molar-refractivity contribution in [2.45, 2.75) is 27.1 Å². The second kappa shape index (κ2) is 8.63. The van der Waals surface area contributed by atoms with E-state index in [2.05, 4.69) is 19.8 Å². The van der Waals surface area contributed by atoms with Crippen molar-refractivity contribution in [3.63, 3.8) is 0 Å². The Morgan fingerprint density at radius 3 is 2.19 bits per heavy atom. The number of hydrogen-bond acceptors (Lipinski definition) is 4. The molecule has 0 saturated carbocycles. The molecule has 2 aromatic carbocycles. The topological polar surface area (TPSA) is 60.5 Å². The van der Waals surface area contributed by atoms with E-state index in [0.29, 0.717) is 16.7 Å². The van der Waals surface area contributed by atoms with Gasteiger partial charge in [-0.15, -0.1) is 8.78 Å². The summed E-state index contributed by atoms with van der Waals surface area (Å²) in [6.45, 7) is 5.70. The highest BCUT2D eigenvalue weighted by Gasteiger charge is 2.43. The number of rotatable bonds is 3. The number of nitrogens with zero attached hydrogens (tertiary/aromatic N) is 1. The maximum Gasteiger partial charge on any atom is 0.586 e. The summed E-state index contributed by atoms with van der Waals surface area (Å²) >= 11 is 0. The van der Waals surface area contributed by atoms with Gasteiger partial charge in [-0.3, -0.25) is 4.79 Å². The Hall–Kier alpha value is -3.62. The molecule has 31 heavy (non-hydrogen) atoms. The van der Waals surface area contributed by atoms with E-state index in [1.165, 1.54) is 24.4 Å². The van der Waals surface area contributed by atoms with Gasteiger partial charge in [-0.2, -0.15) is 0 Å². The van der Waals surface area contributed by atoms with Crippen LogP contribution in [0, 0.1) is 18.6 Å². The molecule has 0 radical (unpaired) electrons. The third-order valence-corrected chi connectivity index (χ3v) is 4.25. The van der Waals surface area contributed by atoms with Crippen molar-refractivity contribution in [1.29, 1.82) is 0 Å². The molecule has 5 nitrogen and oxygen atoms in total. The van der Waals surface area contributed by atoms with E-state index in [1.54, 1.807) is 13.0 Å². The molecule has 4 rings (SSSR count). The molecule has 0 spiro atoms. The van der Waals surface area contributed by atoms with Gasteiger partial charge in [-0.25, -0.2) is 13.8 Å². The van der Waals surface area contributed by atoms with Crippen molar-refractivity contribution in [2.75, 3.05) is 5.32 Å². The van der Waals surface area contributed by atoms with Gasteiger partial charge in [0.25, 0.3) is 5.91 Å². The summed E-state index contributed by atoms with van der Waals surface area (Å²) in [5.41, 5.74) is 1.04. The molecule has 0 aliphatic carbocycles. The summed E-state index contributed by atoms with van der Waals surface area (Å²) in [6, 6.07) is 8.91. The van der Waals surface area contributed by atoms with Crippen LogP contribution < -0.4 is 14.8 Å². The van der Waals surface area contributed by atoms with Gasteiger partial charge in [0.15, 0.2) is 11.5 Å². The minimum absolute atomic E-state index is 0.0614. The average molecular weight is 434 g/mol. The van der Waals surface area contributed by atoms with Crippen LogP contribution in [0.25, 0.3) is 11.1 Å². The van der Waals surface area contributed by atoms with Crippen molar-refractivity contribution >= 4 is 11.7 Å². The Labute approximate surface area is 175 Å². The van der Waals surface area contributed by atoms with E-state index in [9.17, 15) is 22.4 Å². The molecule has 0 fully saturated rings. The summed E-state index contributed by atoms with van der Waals surface area (Å²) in [5.74, 6) is -3.09. The van der Waals surface area contributed by atoms with Crippen LogP contribution in [0.1, 0.15) is 29.8 Å². The predicted molar refractivity (Wildman–Crippen MR) is 106 cm³/mol. The number of anilines is 1. The second-order valence-corrected chi connectivity index (χ2v) is 6.26. The molecule has 3 aromatic rings. The van der Waals surface area contributed by atoms with E-state index < -0.39 is 29.4 Å². The van der Waals surface area contributed by atoms with Gasteiger partial charge in [0, 0.05) is 11.8 Å². The zero-order chi connectivity index (χ0) is 22.8. The zero-order valence-corrected chi connectivity index (χ0v) is 16.8. The van der Waals surface area contributed by atoms with Gasteiger partial charge >= 0.3 is 6.29 Å². The first-order chi connectivity index (χ1) is 14.7. The molecule has 0 atom stereocenters. The van der Waals surface area contributed by atoms with E-state index in [-0.39, 0.29) is 17.3 Å². The van der Waals surface area contributed by atoms with E-state index in [0.717, 1.165) is 18.2 Å². The summed E-state index contributed by atoms with van der Waals surface area (Å²) in [6.07, 6.45) is -2.34. The lowest BCUT2D eigenvalue weighted by Crippen LogP contribution is -2.25. The lowest BCUT2D eigenvalue weighted by atomic mass is 10.0. The Balaban J connectivity index is 0.00000132. The first kappa shape index (κ1) is 22.1. The van der Waals surface area contributed by atoms with Crippen LogP contribution >= 0.6 is 0 Å². The summed E-state index contributed by atoms with van der Waals surface area (Å²) in [4.78, 5) is 16.2. The lowest BCUT2D eigenvalue weighted by Gasteiger charge is -2.09. The summed E-state index contributed by atoms with van der Waals surface area (Å²) < 4.78 is 62.7. The van der Waals surface area contributed by atoms with E-state index in [1.807, 2.05) is 13.8 Å². The number of ether oxygens (including phenoxy) is 2. The number of pyridine rings is 1. The molecule has 2 heterocycles. The molecule has 1 aliphatic heterocycles. The van der Waals surface area contributed by atoms with Crippen molar-refractivity contribution in [3.05, 3.63) is 71.4 Å². The fraction of sp³-hybridized carbons (Fsp3) is 0.182. The van der Waals surface area contributed by atoms with Crippen molar-refractivity contribution in [1.82, 2.24) is 4.98 Å². The number of carbonyl (C=O) groups is 1. The number of alkyl halides is 2. The van der Waals surface area contributed by atoms with Crippen molar-refractivity contribution in [3.8, 4) is 22.6 Å². The van der Waals surface area contributed by atoms with Gasteiger partial charge in [0.2, 0.25) is 0 Å². The smallest absolute Gasteiger partial charge is 0.395 e. The van der Waals surface area contributed by atoms with Crippen molar-refractivity contribution in [2.24, 2.45) is 0 Å². The number of amides is 1. The Morgan fingerprint density at radius 1 is 1.00 bits per heavy atom. The molecule has 0 unspecified atom stereocenters. The van der Waals surface area contributed by atoms with E-state index >= 15 is 0 Å². The molecular formula is C22H18F4N2O3. The molecule has 9 heteroatoms. The van der Waals surface area contributed by atoms with Gasteiger partial charge < -0.3 is 14.8 Å². The molecular weight excluding hydrogens is 416 g/mol. The van der Waals surface area contributed by atoms with Crippen LogP contribution in [0.15, 0.2) is 48.7 Å². The van der Waals surface area contributed by atoms with Gasteiger partial charge in [0.1, 0.15) is 23.0 Å². The van der Waals surface area contributed by atoms with Crippen LogP contribution in [-0.4, -0.2) is 17.2 Å². The largest absolute Gasteiger partial charge is 0.586 e. The Morgan fingerprint density at radius 2 is 1.61 bits per heavy atom. The second-order valence-electron chi connectivity index (χ2n) is 6.26. The zero-order valence-electron chi connectivity index (χ0n) is 16.8. The van der Waals surface area contributed by atoms with E-state index in [4.69, 9.17) is 0 Å². The molecule has 1 aromatic heterocycles. The molecule has 1 aliphatic rings. The highest BCUT2D eigenvalue weighted by Crippen LogP contribution is 2.44. The number of fused-ring (bicyclic) bond motifs is 1. The van der Waals surface area contributed by atoms with Crippen LogP contribution in [-0.2, 0) is 0 Å². The molecule has 1 amide bonds. The number of benzene rings is 2. The summed E-state index contributed by atoms with van der Waals surface area (Å²) in [5, 5.41) is 2.31. The van der Waals surface area contributed by atoms with Crippen LogP contribution in [0.3, 0.4) is 0 Å². The number of carbonyl (C=O) groups excluding carboxylic acids is 1. The lowest BCUT2D eigenvalue weighted by molar-refractivity contribution is -0.286. The number of halogens is 4. The maximum atomic E-state index is 13.7. The Kier molecular flexibility index (Phi) is 6.14. The van der Waals surface area contributed by atoms with Gasteiger partial charge in [-0.05, 0) is 54.4 Å². The highest BCUT2D eigenvalue weighted by molar-refractivity contribution is 6.04. The van der Waals surface area contributed by atoms with Crippen molar-refractivity contribution < 1.29 is 31.8 Å². The molecule has 0 saturated heterocycles. The third-order valence-electron chi connectivity index (χ3n) is 4.25. The molecule has 162 valence electrons. The highest BCUT2D eigenvalue weighted by atomic mass is 19.3. The third kappa shape index (κ3) is 4.60. The minimum Gasteiger partial charge on any atom is -0.395 e. The number of hydrogen-bond donors (Lipinski definition) is 1. The molecule has 1 N–H and O–H groups in total. The quantitative estimate of drug-likeness (QED) is 0.519. The predicted octanol–water partition coefficient (Wildman–Crippen LogP) is 5.94. The van der Waals surface area contributed by atoms with Crippen LogP contribution in [0.2, 0.25) is 0 Å². The normalized spacial score (nSPS) is 13.3. The van der Waals surface area contributed by atoms with Gasteiger partial charge in [0.05, 0.1) is 0 Å². The first-order valence-electron chi connectivity index (χ1n) is 9.36. The average Bonchev–Trinajstić information content (AvgIpc) is 3.02.